The van der Waals surface area contributed by atoms with E-state index in [2.05, 4.69) is 5.32 Å². The molecule has 0 aliphatic rings. The van der Waals surface area contributed by atoms with E-state index in [4.69, 9.17) is 4.84 Å². The number of anilines is 2. The van der Waals surface area contributed by atoms with Crippen LogP contribution in [0, 0.1) is 21.0 Å². The zero-order chi connectivity index (χ0) is 19.5. The van der Waals surface area contributed by atoms with Crippen molar-refractivity contribution in [3.63, 3.8) is 0 Å². The van der Waals surface area contributed by atoms with Crippen molar-refractivity contribution in [3.8, 4) is 0 Å². The molecule has 140 valence electrons. The maximum Gasteiger partial charge on any atom is 0.277 e. The first-order valence-electron chi connectivity index (χ1n) is 7.43. The fourth-order valence-corrected chi connectivity index (χ4v) is 2.37. The molecule has 2 aromatic carbocycles. The quantitative estimate of drug-likeness (QED) is 0.434. The van der Waals surface area contributed by atoms with Gasteiger partial charge in [-0.25, -0.2) is 18.7 Å². The van der Waals surface area contributed by atoms with Gasteiger partial charge in [-0.15, -0.1) is 0 Å². The summed E-state index contributed by atoms with van der Waals surface area (Å²) in [6.45, 7) is 2.70. The Hall–Kier alpha value is -1.85. The average Bonchev–Trinajstić information content (AvgIpc) is 2.52. The van der Waals surface area contributed by atoms with Crippen molar-refractivity contribution >= 4 is 39.9 Å². The highest BCUT2D eigenvalue weighted by atomic mass is 127. The molecule has 9 heteroatoms. The van der Waals surface area contributed by atoms with E-state index in [9.17, 15) is 23.1 Å². The van der Waals surface area contributed by atoms with Crippen molar-refractivity contribution in [2.45, 2.75) is 19.4 Å². The van der Waals surface area contributed by atoms with Gasteiger partial charge in [0.2, 0.25) is 0 Å². The predicted octanol–water partition coefficient (Wildman–Crippen LogP) is 3.88. The second-order valence-corrected chi connectivity index (χ2v) is 7.31. The topological polar surface area (TPSA) is 70.6 Å². The van der Waals surface area contributed by atoms with Crippen LogP contribution in [0.5, 0.6) is 0 Å². The standard InChI is InChI=1S/C17H16F3IN2O3/c1-17(2,25)8-26-23-16(24)10-4-5-11(18)14(20)15(10)22-13-6-3-9(21)7-12(13)19/h3-7,22,25H,8H2,1-2H3,(H,23,24). The Morgan fingerprint density at radius 2 is 1.88 bits per heavy atom. The molecule has 0 aromatic heterocycles. The summed E-state index contributed by atoms with van der Waals surface area (Å²) in [7, 11) is 0. The van der Waals surface area contributed by atoms with Gasteiger partial charge in [-0.05, 0) is 66.8 Å². The van der Waals surface area contributed by atoms with Gasteiger partial charge in [-0.2, -0.15) is 0 Å². The van der Waals surface area contributed by atoms with Gasteiger partial charge in [0.05, 0.1) is 22.5 Å². The van der Waals surface area contributed by atoms with E-state index >= 15 is 0 Å². The smallest absolute Gasteiger partial charge is 0.277 e. The van der Waals surface area contributed by atoms with Crippen LogP contribution < -0.4 is 10.8 Å². The van der Waals surface area contributed by atoms with Crippen molar-refractivity contribution in [1.29, 1.82) is 0 Å². The lowest BCUT2D eigenvalue weighted by Crippen LogP contribution is -2.33. The minimum atomic E-state index is -1.34. The number of hydroxylamine groups is 1. The third kappa shape index (κ3) is 5.32. The van der Waals surface area contributed by atoms with Crippen LogP contribution in [0.4, 0.5) is 24.5 Å². The number of carbonyl (C=O) groups is 1. The van der Waals surface area contributed by atoms with E-state index in [0.717, 1.165) is 12.1 Å². The third-order valence-electron chi connectivity index (χ3n) is 3.12. The van der Waals surface area contributed by atoms with Crippen molar-refractivity contribution in [2.24, 2.45) is 0 Å². The number of nitrogens with one attached hydrogen (secondary N) is 2. The molecule has 26 heavy (non-hydrogen) atoms. The van der Waals surface area contributed by atoms with Gasteiger partial charge in [-0.1, -0.05) is 0 Å². The summed E-state index contributed by atoms with van der Waals surface area (Å²) in [4.78, 5) is 17.1. The summed E-state index contributed by atoms with van der Waals surface area (Å²) < 4.78 is 42.4. The van der Waals surface area contributed by atoms with Crippen LogP contribution in [-0.2, 0) is 4.84 Å². The number of hydrogen-bond donors (Lipinski definition) is 3. The van der Waals surface area contributed by atoms with Crippen LogP contribution in [0.2, 0.25) is 0 Å². The zero-order valence-corrected chi connectivity index (χ0v) is 16.0. The van der Waals surface area contributed by atoms with Gasteiger partial charge in [-0.3, -0.25) is 9.63 Å². The molecule has 0 bridgehead atoms. The molecule has 0 fully saturated rings. The molecular weight excluding hydrogens is 464 g/mol. The van der Waals surface area contributed by atoms with Crippen molar-refractivity contribution in [1.82, 2.24) is 5.48 Å². The SMILES string of the molecule is CC(C)(O)CONC(=O)c1ccc(F)c(F)c1Nc1ccc(I)cc1F. The molecule has 0 aliphatic carbocycles. The Bertz CT molecular complexity index is 826. The first-order valence-corrected chi connectivity index (χ1v) is 8.51. The molecule has 2 aromatic rings. The summed E-state index contributed by atoms with van der Waals surface area (Å²) in [5, 5.41) is 11.9. The van der Waals surface area contributed by atoms with Crippen LogP contribution in [0.25, 0.3) is 0 Å². The number of hydrogen-bond acceptors (Lipinski definition) is 4. The number of rotatable bonds is 6. The molecule has 0 unspecified atom stereocenters. The molecule has 5 nitrogen and oxygen atoms in total. The summed E-state index contributed by atoms with van der Waals surface area (Å²) >= 11 is 1.90. The summed E-state index contributed by atoms with van der Waals surface area (Å²) in [6.07, 6.45) is 0. The number of aliphatic hydroxyl groups is 1. The van der Waals surface area contributed by atoms with Gasteiger partial charge in [0.15, 0.2) is 11.6 Å². The molecular formula is C17H16F3IN2O3. The van der Waals surface area contributed by atoms with Crippen molar-refractivity contribution in [2.75, 3.05) is 11.9 Å². The van der Waals surface area contributed by atoms with Gasteiger partial charge in [0.25, 0.3) is 5.91 Å². The van der Waals surface area contributed by atoms with Crippen LogP contribution in [0.3, 0.4) is 0 Å². The third-order valence-corrected chi connectivity index (χ3v) is 3.79. The van der Waals surface area contributed by atoms with Crippen LogP contribution in [0.15, 0.2) is 30.3 Å². The summed E-state index contributed by atoms with van der Waals surface area (Å²) in [6, 6.07) is 5.92. The van der Waals surface area contributed by atoms with E-state index < -0.39 is 34.6 Å². The minimum Gasteiger partial charge on any atom is -0.388 e. The Morgan fingerprint density at radius 1 is 1.19 bits per heavy atom. The second kappa shape index (κ2) is 8.23. The van der Waals surface area contributed by atoms with E-state index in [1.807, 2.05) is 28.1 Å². The lowest BCUT2D eigenvalue weighted by molar-refractivity contribution is -0.0522. The molecule has 3 N–H and O–H groups in total. The highest BCUT2D eigenvalue weighted by Crippen LogP contribution is 2.28. The molecule has 1 amide bonds. The molecule has 0 saturated heterocycles. The monoisotopic (exact) mass is 480 g/mol. The maximum absolute atomic E-state index is 14.2. The average molecular weight is 480 g/mol. The lowest BCUT2D eigenvalue weighted by atomic mass is 10.1. The second-order valence-electron chi connectivity index (χ2n) is 6.07. The molecule has 0 radical (unpaired) electrons. The summed E-state index contributed by atoms with van der Waals surface area (Å²) in [5.74, 6) is -4.11. The number of amides is 1. The Balaban J connectivity index is 2.30. The molecule has 0 aliphatic heterocycles. The number of benzene rings is 2. The minimum absolute atomic E-state index is 0.124. The fraction of sp³-hybridized carbons (Fsp3) is 0.235. The van der Waals surface area contributed by atoms with E-state index in [-0.39, 0.29) is 17.9 Å². The largest absolute Gasteiger partial charge is 0.388 e. The Labute approximate surface area is 161 Å². The van der Waals surface area contributed by atoms with Crippen LogP contribution >= 0.6 is 22.6 Å². The summed E-state index contributed by atoms with van der Waals surface area (Å²) in [5.41, 5.74) is -0.123. The van der Waals surface area contributed by atoms with Crippen LogP contribution in [-0.4, -0.2) is 23.2 Å². The van der Waals surface area contributed by atoms with E-state index in [1.54, 1.807) is 6.07 Å². The maximum atomic E-state index is 14.2. The van der Waals surface area contributed by atoms with E-state index in [1.165, 1.54) is 26.0 Å². The fourth-order valence-electron chi connectivity index (χ4n) is 1.92. The lowest BCUT2D eigenvalue weighted by Gasteiger charge is -2.18. The normalized spacial score (nSPS) is 11.3. The predicted molar refractivity (Wildman–Crippen MR) is 98.5 cm³/mol. The molecule has 0 saturated carbocycles. The van der Waals surface area contributed by atoms with Gasteiger partial charge >= 0.3 is 0 Å². The van der Waals surface area contributed by atoms with Crippen LogP contribution in [0.1, 0.15) is 24.2 Å². The van der Waals surface area contributed by atoms with E-state index in [0.29, 0.717) is 3.57 Å². The first-order chi connectivity index (χ1) is 12.1. The number of carbonyl (C=O) groups excluding carboxylic acids is 1. The zero-order valence-electron chi connectivity index (χ0n) is 13.9. The first kappa shape index (κ1) is 20.5. The Morgan fingerprint density at radius 3 is 2.50 bits per heavy atom. The van der Waals surface area contributed by atoms with Gasteiger partial charge in [0.1, 0.15) is 12.4 Å². The van der Waals surface area contributed by atoms with Crippen molar-refractivity contribution < 1.29 is 27.9 Å². The molecule has 0 atom stereocenters. The van der Waals surface area contributed by atoms with Gasteiger partial charge < -0.3 is 10.4 Å². The highest BCUT2D eigenvalue weighted by Gasteiger charge is 2.21. The molecule has 2 rings (SSSR count). The highest BCUT2D eigenvalue weighted by molar-refractivity contribution is 14.1. The molecule has 0 spiro atoms. The van der Waals surface area contributed by atoms with Gasteiger partial charge in [0, 0.05) is 3.57 Å². The Kier molecular flexibility index (Phi) is 6.48. The number of halogens is 4. The molecule has 0 heterocycles. The van der Waals surface area contributed by atoms with Crippen molar-refractivity contribution in [3.05, 3.63) is 56.9 Å².